The maximum atomic E-state index is 5.34. The van der Waals surface area contributed by atoms with E-state index in [1.54, 1.807) is 0 Å². The zero-order valence-electron chi connectivity index (χ0n) is 30.1. The topological polar surface area (TPSA) is 61.4 Å². The number of rotatable bonds is 5. The molecule has 4 aromatic heterocycles. The molecule has 260 valence electrons. The molecule has 0 saturated carbocycles. The summed E-state index contributed by atoms with van der Waals surface area (Å²) in [4.78, 5) is 20.5. The summed E-state index contributed by atoms with van der Waals surface area (Å²) in [5, 5.41) is 7.07. The fraction of sp³-hybridized carbons (Fsp3) is 0.0612. The van der Waals surface area contributed by atoms with E-state index in [2.05, 4.69) is 150 Å². The fourth-order valence-electron chi connectivity index (χ4n) is 8.26. The second kappa shape index (κ2) is 12.5. The van der Waals surface area contributed by atoms with E-state index in [0.717, 1.165) is 45.2 Å². The Morgan fingerprint density at radius 3 is 1.91 bits per heavy atom. The molecule has 0 aliphatic heterocycles. The third-order valence-corrected chi connectivity index (χ3v) is 10.9. The number of hydrogen-bond acceptors (Lipinski definition) is 4. The average molecular weight is 707 g/mol. The molecular weight excluding hydrogens is 673 g/mol. The van der Waals surface area contributed by atoms with Gasteiger partial charge in [-0.2, -0.15) is 0 Å². The molecule has 0 bridgehead atoms. The zero-order valence-corrected chi connectivity index (χ0v) is 30.1. The Labute approximate surface area is 317 Å². The van der Waals surface area contributed by atoms with Crippen molar-refractivity contribution in [1.29, 1.82) is 0 Å². The molecule has 4 heterocycles. The van der Waals surface area contributed by atoms with Crippen LogP contribution in [0.15, 0.2) is 170 Å². The van der Waals surface area contributed by atoms with Gasteiger partial charge in [-0.15, -0.1) is 0 Å². The lowest BCUT2D eigenvalue weighted by Gasteiger charge is -2.15. The van der Waals surface area contributed by atoms with Crippen molar-refractivity contribution in [2.24, 2.45) is 5.92 Å². The second-order valence-electron chi connectivity index (χ2n) is 14.4. The van der Waals surface area contributed by atoms with Gasteiger partial charge in [-0.05, 0) is 65.6 Å². The number of fused-ring (bicyclic) bond motifs is 7. The quantitative estimate of drug-likeness (QED) is 0.179. The van der Waals surface area contributed by atoms with Gasteiger partial charge < -0.3 is 4.57 Å². The highest BCUT2D eigenvalue weighted by molar-refractivity contribution is 6.19. The summed E-state index contributed by atoms with van der Waals surface area (Å²) in [7, 11) is 0. The predicted molar refractivity (Wildman–Crippen MR) is 226 cm³/mol. The first-order valence-electron chi connectivity index (χ1n) is 18.8. The fourth-order valence-corrected chi connectivity index (χ4v) is 8.26. The Balaban J connectivity index is 1.14. The van der Waals surface area contributed by atoms with Crippen LogP contribution in [-0.4, -0.2) is 29.1 Å². The van der Waals surface area contributed by atoms with Crippen molar-refractivity contribution in [3.63, 3.8) is 0 Å². The number of benzene rings is 6. The van der Waals surface area contributed by atoms with Gasteiger partial charge in [0, 0.05) is 38.4 Å². The highest BCUT2D eigenvalue weighted by Gasteiger charge is 2.21. The smallest absolute Gasteiger partial charge is 0.182 e. The van der Waals surface area contributed by atoms with Gasteiger partial charge in [0.2, 0.25) is 0 Å². The van der Waals surface area contributed by atoms with E-state index in [1.807, 2.05) is 36.4 Å². The van der Waals surface area contributed by atoms with Crippen LogP contribution in [0.5, 0.6) is 0 Å². The first kappa shape index (κ1) is 31.4. The number of nitrogens with zero attached hydrogens (tertiary/aromatic N) is 6. The van der Waals surface area contributed by atoms with Gasteiger partial charge in [0.05, 0.1) is 22.1 Å². The molecule has 0 amide bonds. The molecule has 6 aromatic carbocycles. The van der Waals surface area contributed by atoms with Crippen molar-refractivity contribution in [2.75, 3.05) is 0 Å². The summed E-state index contributed by atoms with van der Waals surface area (Å²) in [6.45, 7) is 2.27. The van der Waals surface area contributed by atoms with E-state index in [9.17, 15) is 0 Å². The zero-order chi connectivity index (χ0) is 36.5. The third-order valence-electron chi connectivity index (χ3n) is 10.9. The van der Waals surface area contributed by atoms with Crippen LogP contribution >= 0.6 is 0 Å². The number of pyridine rings is 1. The minimum Gasteiger partial charge on any atom is -0.310 e. The molecule has 0 N–H and O–H groups in total. The average Bonchev–Trinajstić information content (AvgIpc) is 3.75. The summed E-state index contributed by atoms with van der Waals surface area (Å²) < 4.78 is 4.71. The highest BCUT2D eigenvalue weighted by atomic mass is 15.1. The van der Waals surface area contributed by atoms with E-state index in [1.165, 1.54) is 38.3 Å². The molecule has 0 spiro atoms. The van der Waals surface area contributed by atoms with E-state index in [-0.39, 0.29) is 0 Å². The van der Waals surface area contributed by atoms with Crippen LogP contribution in [0.3, 0.4) is 0 Å². The maximum absolute atomic E-state index is 5.34. The first-order valence-corrected chi connectivity index (χ1v) is 18.8. The van der Waals surface area contributed by atoms with Crippen molar-refractivity contribution >= 4 is 60.1 Å². The van der Waals surface area contributed by atoms with Crippen molar-refractivity contribution in [2.45, 2.75) is 13.3 Å². The normalized spacial score (nSPS) is 14.4. The van der Waals surface area contributed by atoms with Crippen LogP contribution in [0.25, 0.3) is 100 Å². The van der Waals surface area contributed by atoms with E-state index in [4.69, 9.17) is 19.9 Å². The summed E-state index contributed by atoms with van der Waals surface area (Å²) in [5.41, 5.74) is 8.31. The minimum atomic E-state index is 0.521. The second-order valence-corrected chi connectivity index (χ2v) is 14.4. The van der Waals surface area contributed by atoms with Crippen molar-refractivity contribution in [3.8, 4) is 40.1 Å². The van der Waals surface area contributed by atoms with Crippen molar-refractivity contribution < 1.29 is 0 Å². The third kappa shape index (κ3) is 5.10. The van der Waals surface area contributed by atoms with Gasteiger partial charge in [0.15, 0.2) is 17.5 Å². The summed E-state index contributed by atoms with van der Waals surface area (Å²) in [5.74, 6) is 3.06. The van der Waals surface area contributed by atoms with Gasteiger partial charge >= 0.3 is 0 Å². The van der Waals surface area contributed by atoms with E-state index >= 15 is 0 Å². The molecule has 0 fully saturated rings. The summed E-state index contributed by atoms with van der Waals surface area (Å²) in [6, 6.07) is 52.9. The van der Waals surface area contributed by atoms with Gasteiger partial charge in [-0.1, -0.05) is 134 Å². The van der Waals surface area contributed by atoms with Crippen molar-refractivity contribution in [3.05, 3.63) is 170 Å². The molecule has 1 aliphatic carbocycles. The molecule has 55 heavy (non-hydrogen) atoms. The lowest BCUT2D eigenvalue weighted by atomic mass is 10.0. The molecular formula is C49H34N6. The van der Waals surface area contributed by atoms with E-state index < -0.39 is 0 Å². The molecule has 6 nitrogen and oxygen atoms in total. The van der Waals surface area contributed by atoms with Gasteiger partial charge in [-0.3, -0.25) is 4.57 Å². The molecule has 0 saturated heterocycles. The Morgan fingerprint density at radius 1 is 0.491 bits per heavy atom. The van der Waals surface area contributed by atoms with Crippen LogP contribution in [0.1, 0.15) is 13.3 Å². The standard InChI is InChI=1S/C49H34N6/c1-31-25-27-34(28-26-31)54-42-22-9-7-18-36(42)39-29-40-37-19-8-10-23-43(37)55(45(40)30-44(39)54)46-24-12-21-41(50-46)49-52-47(33-14-3-2-4-15-33)51-48(53-49)38-20-11-16-32-13-5-6-17-35(32)38/h2-25,27-31H,26H2,1H3. The van der Waals surface area contributed by atoms with E-state index in [0.29, 0.717) is 29.1 Å². The number of allylic oxidation sites excluding steroid dienone is 4. The first-order chi connectivity index (χ1) is 27.2. The van der Waals surface area contributed by atoms with Gasteiger partial charge in [0.25, 0.3) is 0 Å². The number of hydrogen-bond donors (Lipinski definition) is 0. The highest BCUT2D eigenvalue weighted by Crippen LogP contribution is 2.40. The molecule has 1 unspecified atom stereocenters. The Morgan fingerprint density at radius 2 is 1.13 bits per heavy atom. The van der Waals surface area contributed by atoms with Crippen LogP contribution in [0, 0.1) is 5.92 Å². The van der Waals surface area contributed by atoms with Crippen LogP contribution < -0.4 is 0 Å². The van der Waals surface area contributed by atoms with Crippen LogP contribution in [0.2, 0.25) is 0 Å². The molecule has 0 radical (unpaired) electrons. The number of para-hydroxylation sites is 2. The van der Waals surface area contributed by atoms with Gasteiger partial charge in [-0.25, -0.2) is 19.9 Å². The lowest BCUT2D eigenvalue weighted by Crippen LogP contribution is -2.04. The maximum Gasteiger partial charge on any atom is 0.182 e. The van der Waals surface area contributed by atoms with Crippen LogP contribution in [0.4, 0.5) is 0 Å². The SMILES string of the molecule is CC1C=CC(n2c3ccccc3c3cc4c5ccccc5n(-c5cccc(-c6nc(-c7ccccc7)nc(-c7cccc8ccccc78)n6)n5)c4cc32)=CC1. The molecule has 1 aliphatic rings. The molecule has 1 atom stereocenters. The predicted octanol–water partition coefficient (Wildman–Crippen LogP) is 12.1. The molecule has 6 heteroatoms. The number of aromatic nitrogens is 6. The largest absolute Gasteiger partial charge is 0.310 e. The molecule has 10 aromatic rings. The summed E-state index contributed by atoms with van der Waals surface area (Å²) in [6.07, 6.45) is 7.98. The Bertz CT molecular complexity index is 3200. The molecule has 11 rings (SSSR count). The summed E-state index contributed by atoms with van der Waals surface area (Å²) >= 11 is 0. The van der Waals surface area contributed by atoms with Gasteiger partial charge in [0.1, 0.15) is 11.5 Å². The monoisotopic (exact) mass is 706 g/mol. The Hall–Kier alpha value is -7.18. The lowest BCUT2D eigenvalue weighted by molar-refractivity contribution is 0.735. The van der Waals surface area contributed by atoms with Crippen molar-refractivity contribution in [1.82, 2.24) is 29.1 Å². The minimum absolute atomic E-state index is 0.521. The Kier molecular flexibility index (Phi) is 7.10. The van der Waals surface area contributed by atoms with Crippen LogP contribution in [-0.2, 0) is 0 Å².